The standard InChI is InChI=1S/C11H10ClN3O/c1-7-5-9(11(12)16)10(6-8(7)2)15-13-3-4-14-15/h3-6H,1-2H3. The Kier molecular flexibility index (Phi) is 2.75. The van der Waals surface area contributed by atoms with Gasteiger partial charge in [0.25, 0.3) is 5.24 Å². The van der Waals surface area contributed by atoms with E-state index in [-0.39, 0.29) is 0 Å². The van der Waals surface area contributed by atoms with Gasteiger partial charge < -0.3 is 0 Å². The summed E-state index contributed by atoms with van der Waals surface area (Å²) in [6.07, 6.45) is 3.11. The first-order valence-electron chi connectivity index (χ1n) is 4.77. The number of halogens is 1. The number of benzene rings is 1. The summed E-state index contributed by atoms with van der Waals surface area (Å²) in [4.78, 5) is 12.7. The zero-order chi connectivity index (χ0) is 11.7. The minimum Gasteiger partial charge on any atom is -0.276 e. The van der Waals surface area contributed by atoms with Gasteiger partial charge in [0, 0.05) is 0 Å². The number of carbonyl (C=O) groups excluding carboxylic acids is 1. The molecule has 0 aliphatic heterocycles. The van der Waals surface area contributed by atoms with Crippen molar-refractivity contribution in [3.8, 4) is 5.69 Å². The van der Waals surface area contributed by atoms with Crippen LogP contribution in [0.4, 0.5) is 0 Å². The molecule has 4 nitrogen and oxygen atoms in total. The van der Waals surface area contributed by atoms with Crippen LogP contribution in [-0.4, -0.2) is 20.2 Å². The van der Waals surface area contributed by atoms with Crippen molar-refractivity contribution in [3.05, 3.63) is 41.2 Å². The molecule has 1 heterocycles. The fraction of sp³-hybridized carbons (Fsp3) is 0.182. The van der Waals surface area contributed by atoms with Crippen LogP contribution >= 0.6 is 11.6 Å². The number of aromatic nitrogens is 3. The van der Waals surface area contributed by atoms with Crippen LogP contribution in [-0.2, 0) is 0 Å². The van der Waals surface area contributed by atoms with E-state index in [0.717, 1.165) is 11.1 Å². The summed E-state index contributed by atoms with van der Waals surface area (Å²) in [5.74, 6) is 0. The van der Waals surface area contributed by atoms with Crippen LogP contribution in [0.1, 0.15) is 21.5 Å². The van der Waals surface area contributed by atoms with Gasteiger partial charge in [-0.2, -0.15) is 15.0 Å². The van der Waals surface area contributed by atoms with Gasteiger partial charge in [-0.05, 0) is 48.7 Å². The molecule has 0 radical (unpaired) electrons. The highest BCUT2D eigenvalue weighted by molar-refractivity contribution is 6.68. The summed E-state index contributed by atoms with van der Waals surface area (Å²) in [7, 11) is 0. The van der Waals surface area contributed by atoms with Gasteiger partial charge in [-0.25, -0.2) is 0 Å². The monoisotopic (exact) mass is 235 g/mol. The zero-order valence-electron chi connectivity index (χ0n) is 8.94. The summed E-state index contributed by atoms with van der Waals surface area (Å²) in [6.45, 7) is 3.89. The second-order valence-corrected chi connectivity index (χ2v) is 3.89. The molecule has 82 valence electrons. The quantitative estimate of drug-likeness (QED) is 0.751. The maximum atomic E-state index is 11.3. The second kappa shape index (κ2) is 4.06. The molecule has 0 fully saturated rings. The van der Waals surface area contributed by atoms with Gasteiger partial charge in [-0.1, -0.05) is 0 Å². The second-order valence-electron chi connectivity index (χ2n) is 3.55. The number of hydrogen-bond donors (Lipinski definition) is 0. The summed E-state index contributed by atoms with van der Waals surface area (Å²) < 4.78 is 0. The molecule has 0 atom stereocenters. The van der Waals surface area contributed by atoms with Gasteiger partial charge in [-0.15, -0.1) is 0 Å². The lowest BCUT2D eigenvalue weighted by Gasteiger charge is -2.08. The minimum absolute atomic E-state index is 0.418. The van der Waals surface area contributed by atoms with Gasteiger partial charge in [0.1, 0.15) is 0 Å². The molecule has 0 N–H and O–H groups in total. The molecule has 0 spiro atoms. The van der Waals surface area contributed by atoms with Crippen molar-refractivity contribution < 1.29 is 4.79 Å². The Hall–Kier alpha value is -1.68. The maximum absolute atomic E-state index is 11.3. The molecule has 1 aromatic carbocycles. The van der Waals surface area contributed by atoms with Crippen molar-refractivity contribution in [2.45, 2.75) is 13.8 Å². The van der Waals surface area contributed by atoms with Gasteiger partial charge in [-0.3, -0.25) is 4.79 Å². The highest BCUT2D eigenvalue weighted by Crippen LogP contribution is 2.20. The fourth-order valence-corrected chi connectivity index (χ4v) is 1.62. The van der Waals surface area contributed by atoms with E-state index in [2.05, 4.69) is 10.2 Å². The first-order valence-corrected chi connectivity index (χ1v) is 5.15. The van der Waals surface area contributed by atoms with Crippen molar-refractivity contribution in [2.75, 3.05) is 0 Å². The highest BCUT2D eigenvalue weighted by Gasteiger charge is 2.13. The number of aryl methyl sites for hydroxylation is 2. The van der Waals surface area contributed by atoms with E-state index in [0.29, 0.717) is 11.3 Å². The third-order valence-electron chi connectivity index (χ3n) is 2.46. The molecule has 0 unspecified atom stereocenters. The molecule has 0 aliphatic carbocycles. The largest absolute Gasteiger partial charge is 0.276 e. The first-order chi connectivity index (χ1) is 7.59. The van der Waals surface area contributed by atoms with Crippen LogP contribution in [0.3, 0.4) is 0 Å². The fourth-order valence-electron chi connectivity index (χ4n) is 1.46. The average molecular weight is 236 g/mol. The number of hydrogen-bond acceptors (Lipinski definition) is 3. The topological polar surface area (TPSA) is 47.8 Å². The third-order valence-corrected chi connectivity index (χ3v) is 2.66. The molecule has 1 aromatic heterocycles. The molecule has 0 saturated heterocycles. The van der Waals surface area contributed by atoms with Crippen molar-refractivity contribution in [3.63, 3.8) is 0 Å². The van der Waals surface area contributed by atoms with E-state index in [4.69, 9.17) is 11.6 Å². The van der Waals surface area contributed by atoms with Crippen molar-refractivity contribution in [1.29, 1.82) is 0 Å². The van der Waals surface area contributed by atoms with Gasteiger partial charge in [0.05, 0.1) is 23.6 Å². The van der Waals surface area contributed by atoms with Crippen molar-refractivity contribution >= 4 is 16.8 Å². The van der Waals surface area contributed by atoms with Crippen LogP contribution in [0.2, 0.25) is 0 Å². The van der Waals surface area contributed by atoms with E-state index >= 15 is 0 Å². The summed E-state index contributed by atoms with van der Waals surface area (Å²) in [5, 5.41) is 7.49. The minimum atomic E-state index is -0.504. The van der Waals surface area contributed by atoms with Crippen LogP contribution in [0, 0.1) is 13.8 Å². The number of nitrogens with zero attached hydrogens (tertiary/aromatic N) is 3. The van der Waals surface area contributed by atoms with Crippen LogP contribution in [0.5, 0.6) is 0 Å². The molecule has 0 aliphatic rings. The lowest BCUT2D eigenvalue weighted by Crippen LogP contribution is -2.06. The molecule has 2 aromatic rings. The molecule has 5 heteroatoms. The Morgan fingerprint density at radius 2 is 1.75 bits per heavy atom. The maximum Gasteiger partial charge on any atom is 0.254 e. The smallest absolute Gasteiger partial charge is 0.254 e. The lowest BCUT2D eigenvalue weighted by atomic mass is 10.0. The van der Waals surface area contributed by atoms with Crippen molar-refractivity contribution in [1.82, 2.24) is 15.0 Å². The molecule has 16 heavy (non-hydrogen) atoms. The summed E-state index contributed by atoms with van der Waals surface area (Å²) in [5.41, 5.74) is 3.10. The Morgan fingerprint density at radius 3 is 2.31 bits per heavy atom. The SMILES string of the molecule is Cc1cc(C(=O)Cl)c(-n2nccn2)cc1C. The first kappa shape index (κ1) is 10.8. The van der Waals surface area contributed by atoms with Crippen LogP contribution < -0.4 is 0 Å². The Bertz CT molecular complexity index is 534. The van der Waals surface area contributed by atoms with E-state index in [1.165, 1.54) is 4.80 Å². The van der Waals surface area contributed by atoms with Crippen molar-refractivity contribution in [2.24, 2.45) is 0 Å². The molecular formula is C11H10ClN3O. The van der Waals surface area contributed by atoms with E-state index in [1.807, 2.05) is 19.9 Å². The van der Waals surface area contributed by atoms with Gasteiger partial charge >= 0.3 is 0 Å². The molecule has 0 amide bonds. The van der Waals surface area contributed by atoms with E-state index in [1.54, 1.807) is 18.5 Å². The number of rotatable bonds is 2. The Labute approximate surface area is 97.8 Å². The summed E-state index contributed by atoms with van der Waals surface area (Å²) >= 11 is 5.54. The van der Waals surface area contributed by atoms with Crippen LogP contribution in [0.25, 0.3) is 5.69 Å². The highest BCUT2D eigenvalue weighted by atomic mass is 35.5. The Morgan fingerprint density at radius 1 is 1.19 bits per heavy atom. The number of carbonyl (C=O) groups is 1. The van der Waals surface area contributed by atoms with E-state index in [9.17, 15) is 4.79 Å². The third kappa shape index (κ3) is 1.84. The van der Waals surface area contributed by atoms with Crippen LogP contribution in [0.15, 0.2) is 24.5 Å². The molecule has 2 rings (SSSR count). The van der Waals surface area contributed by atoms with Gasteiger partial charge in [0.2, 0.25) is 0 Å². The molecule has 0 saturated carbocycles. The van der Waals surface area contributed by atoms with E-state index < -0.39 is 5.24 Å². The molecule has 0 bridgehead atoms. The average Bonchev–Trinajstić information content (AvgIpc) is 2.74. The predicted octanol–water partition coefficient (Wildman–Crippen LogP) is 2.26. The summed E-state index contributed by atoms with van der Waals surface area (Å²) in [6, 6.07) is 3.61. The molecular weight excluding hydrogens is 226 g/mol. The predicted molar refractivity (Wildman–Crippen MR) is 61.0 cm³/mol. The normalized spacial score (nSPS) is 10.4. The Balaban J connectivity index is 2.68. The lowest BCUT2D eigenvalue weighted by molar-refractivity contribution is 0.108. The van der Waals surface area contributed by atoms with Gasteiger partial charge in [0.15, 0.2) is 0 Å². The zero-order valence-corrected chi connectivity index (χ0v) is 9.69.